The van der Waals surface area contributed by atoms with Crippen LogP contribution in [0.1, 0.15) is 38.3 Å². The Bertz CT molecular complexity index is 1160. The van der Waals surface area contributed by atoms with E-state index in [0.29, 0.717) is 43.4 Å². The summed E-state index contributed by atoms with van der Waals surface area (Å²) in [6.45, 7) is 5.42. The number of alkyl halides is 3. The van der Waals surface area contributed by atoms with Gasteiger partial charge in [-0.2, -0.15) is 13.2 Å². The maximum atomic E-state index is 13.1. The van der Waals surface area contributed by atoms with Gasteiger partial charge in [-0.3, -0.25) is 0 Å². The van der Waals surface area contributed by atoms with Gasteiger partial charge in [0.1, 0.15) is 11.5 Å². The first kappa shape index (κ1) is 29.8. The van der Waals surface area contributed by atoms with Gasteiger partial charge in [0.25, 0.3) is 0 Å². The molecule has 1 heterocycles. The normalized spacial score (nSPS) is 11.5. The zero-order valence-electron chi connectivity index (χ0n) is 19.6. The molecule has 0 amide bonds. The molecule has 192 valence electrons. The van der Waals surface area contributed by atoms with E-state index in [1.165, 1.54) is 24.6 Å². The van der Waals surface area contributed by atoms with Crippen molar-refractivity contribution in [3.05, 3.63) is 65.9 Å². The molecule has 3 aromatic rings. The fourth-order valence-electron chi connectivity index (χ4n) is 3.20. The molecular formula is C25H29CaF3N2O5. The molecule has 1 N–H and O–H groups in total. The van der Waals surface area contributed by atoms with E-state index in [0.717, 1.165) is 17.7 Å². The van der Waals surface area contributed by atoms with E-state index < -0.39 is 23.3 Å². The molecule has 1 aromatic heterocycles. The van der Waals surface area contributed by atoms with Gasteiger partial charge in [0.15, 0.2) is 5.60 Å². The molecule has 7 nitrogen and oxygen atoms in total. The number of carboxylic acid groups (broad SMARTS) is 1. The number of ether oxygens (including phenoxy) is 3. The maximum absolute atomic E-state index is 13.1. The fraction of sp³-hybridized carbons (Fsp3) is 0.360. The van der Waals surface area contributed by atoms with Crippen LogP contribution in [0.15, 0.2) is 54.7 Å². The molecular weight excluding hydrogens is 505 g/mol. The van der Waals surface area contributed by atoms with Crippen molar-refractivity contribution < 1.29 is 37.3 Å². The first-order chi connectivity index (χ1) is 16.5. The summed E-state index contributed by atoms with van der Waals surface area (Å²) in [6, 6.07) is 11.6. The standard InChI is InChI=1S/C25H27F3N2O5.Ca.2H/c1-4-33-22-17(16-30(29-22)19-10-5-9-18(14-19)25(26,27)28)8-7-13-34-20-11-6-12-21(15-20)35-24(2,3)23(31)32;;;/h5-6,9-12,14-16H,4,7-8,13H2,1-3H3,(H,31,32);;;. The van der Waals surface area contributed by atoms with Crippen molar-refractivity contribution in [1.29, 1.82) is 0 Å². The molecule has 0 unspecified atom stereocenters. The molecule has 0 aliphatic rings. The third-order valence-corrected chi connectivity index (χ3v) is 5.02. The molecule has 0 saturated carbocycles. The van der Waals surface area contributed by atoms with Gasteiger partial charge < -0.3 is 19.3 Å². The summed E-state index contributed by atoms with van der Waals surface area (Å²) in [5.41, 5.74) is -1.11. The van der Waals surface area contributed by atoms with Crippen molar-refractivity contribution in [3.63, 3.8) is 0 Å². The third kappa shape index (κ3) is 8.04. The Kier molecular flexibility index (Phi) is 10.5. The SMILES string of the molecule is CCOc1nn(-c2cccc(C(F)(F)F)c2)cc1CCCOc1cccc(OC(C)(C)C(=O)O)c1.[CaH2]. The van der Waals surface area contributed by atoms with Crippen molar-refractivity contribution in [2.45, 2.75) is 45.4 Å². The average molecular weight is 535 g/mol. The topological polar surface area (TPSA) is 82.8 Å². The number of carbonyl (C=O) groups is 1. The van der Waals surface area contributed by atoms with Gasteiger partial charge in [0, 0.05) is 17.8 Å². The number of aromatic nitrogens is 2. The van der Waals surface area contributed by atoms with Crippen LogP contribution in [0.3, 0.4) is 0 Å². The predicted molar refractivity (Wildman–Crippen MR) is 131 cm³/mol. The van der Waals surface area contributed by atoms with E-state index in [9.17, 15) is 23.1 Å². The van der Waals surface area contributed by atoms with Gasteiger partial charge in [-0.05, 0) is 63.9 Å². The molecule has 3 rings (SSSR count). The number of hydrogen-bond donors (Lipinski definition) is 1. The van der Waals surface area contributed by atoms with Crippen LogP contribution in [0.2, 0.25) is 0 Å². The van der Waals surface area contributed by atoms with Crippen molar-refractivity contribution in [1.82, 2.24) is 9.78 Å². The van der Waals surface area contributed by atoms with Crippen LogP contribution in [0.4, 0.5) is 13.2 Å². The van der Waals surface area contributed by atoms with Crippen LogP contribution < -0.4 is 14.2 Å². The van der Waals surface area contributed by atoms with Crippen LogP contribution in [0.25, 0.3) is 5.69 Å². The van der Waals surface area contributed by atoms with Crippen LogP contribution >= 0.6 is 0 Å². The zero-order valence-corrected chi connectivity index (χ0v) is 19.6. The first-order valence-electron chi connectivity index (χ1n) is 11.0. The number of benzene rings is 2. The monoisotopic (exact) mass is 534 g/mol. The number of aryl methyl sites for hydroxylation is 1. The minimum atomic E-state index is -4.45. The Morgan fingerprint density at radius 1 is 1.06 bits per heavy atom. The Morgan fingerprint density at radius 2 is 1.75 bits per heavy atom. The number of aliphatic carboxylic acids is 1. The summed E-state index contributed by atoms with van der Waals surface area (Å²) < 4.78 is 57.5. The summed E-state index contributed by atoms with van der Waals surface area (Å²) >= 11 is 0. The molecule has 0 fully saturated rings. The second kappa shape index (κ2) is 12.7. The number of halogens is 3. The van der Waals surface area contributed by atoms with Crippen LogP contribution in [-0.4, -0.2) is 77.4 Å². The van der Waals surface area contributed by atoms with Crippen molar-refractivity contribution >= 4 is 43.7 Å². The Hall–Kier alpha value is -2.43. The Balaban J connectivity index is 0.00000456. The Labute approximate surface area is 237 Å². The van der Waals surface area contributed by atoms with E-state index in [2.05, 4.69) is 5.10 Å². The zero-order chi connectivity index (χ0) is 25.6. The molecule has 0 aliphatic carbocycles. The molecule has 0 bridgehead atoms. The van der Waals surface area contributed by atoms with Gasteiger partial charge in [-0.15, -0.1) is 5.10 Å². The third-order valence-electron chi connectivity index (χ3n) is 5.02. The fourth-order valence-corrected chi connectivity index (χ4v) is 3.20. The summed E-state index contributed by atoms with van der Waals surface area (Å²) in [5, 5.41) is 13.5. The van der Waals surface area contributed by atoms with Crippen LogP contribution in [0, 0.1) is 0 Å². The van der Waals surface area contributed by atoms with Gasteiger partial charge in [0.05, 0.1) is 24.5 Å². The average Bonchev–Trinajstić information content (AvgIpc) is 3.19. The molecule has 0 aliphatic heterocycles. The summed E-state index contributed by atoms with van der Waals surface area (Å²) in [5.74, 6) is 0.167. The minimum absolute atomic E-state index is 0. The first-order valence-corrected chi connectivity index (χ1v) is 11.0. The van der Waals surface area contributed by atoms with Gasteiger partial charge in [0.2, 0.25) is 5.88 Å². The molecule has 36 heavy (non-hydrogen) atoms. The second-order valence-electron chi connectivity index (χ2n) is 8.23. The van der Waals surface area contributed by atoms with Gasteiger partial charge in [-0.25, -0.2) is 9.48 Å². The summed E-state index contributed by atoms with van der Waals surface area (Å²) in [4.78, 5) is 11.3. The molecule has 2 aromatic carbocycles. The Morgan fingerprint density at radius 3 is 2.42 bits per heavy atom. The van der Waals surface area contributed by atoms with E-state index in [4.69, 9.17) is 14.2 Å². The molecule has 11 heteroatoms. The van der Waals surface area contributed by atoms with E-state index >= 15 is 0 Å². The molecule has 0 radical (unpaired) electrons. The van der Waals surface area contributed by atoms with Crippen molar-refractivity contribution in [3.8, 4) is 23.1 Å². The second-order valence-corrected chi connectivity index (χ2v) is 8.23. The number of rotatable bonds is 11. The van der Waals surface area contributed by atoms with Crippen molar-refractivity contribution in [2.24, 2.45) is 0 Å². The number of nitrogens with zero attached hydrogens (tertiary/aromatic N) is 2. The van der Waals surface area contributed by atoms with Crippen LogP contribution in [-0.2, 0) is 17.4 Å². The molecule has 0 spiro atoms. The van der Waals surface area contributed by atoms with Gasteiger partial charge >= 0.3 is 49.9 Å². The quantitative estimate of drug-likeness (QED) is 0.285. The van der Waals surface area contributed by atoms with E-state index in [-0.39, 0.29) is 43.4 Å². The van der Waals surface area contributed by atoms with Crippen molar-refractivity contribution in [2.75, 3.05) is 13.2 Å². The van der Waals surface area contributed by atoms with Gasteiger partial charge in [-0.1, -0.05) is 12.1 Å². The van der Waals surface area contributed by atoms with Crippen LogP contribution in [0.5, 0.6) is 17.4 Å². The molecule has 0 atom stereocenters. The summed E-state index contributed by atoms with van der Waals surface area (Å²) in [7, 11) is 0. The molecule has 0 saturated heterocycles. The number of hydrogen-bond acceptors (Lipinski definition) is 5. The predicted octanol–water partition coefficient (Wildman–Crippen LogP) is 4.63. The summed E-state index contributed by atoms with van der Waals surface area (Å²) in [6.07, 6.45) is -1.68. The van der Waals surface area contributed by atoms with E-state index in [1.54, 1.807) is 43.5 Å². The van der Waals surface area contributed by atoms with E-state index in [1.807, 2.05) is 0 Å². The number of carboxylic acids is 1.